The molecule has 3 unspecified atom stereocenters. The van der Waals surface area contributed by atoms with Gasteiger partial charge in [-0.3, -0.25) is 0 Å². The lowest BCUT2D eigenvalue weighted by atomic mass is 9.82. The monoisotopic (exact) mass is 264 g/mol. The summed E-state index contributed by atoms with van der Waals surface area (Å²) in [6, 6.07) is 0.791. The van der Waals surface area contributed by atoms with Crippen molar-refractivity contribution in [1.82, 2.24) is 10.2 Å². The Balaban J connectivity index is 1.48. The minimum atomic E-state index is 0.791. The van der Waals surface area contributed by atoms with Crippen LogP contribution < -0.4 is 5.32 Å². The van der Waals surface area contributed by atoms with E-state index in [2.05, 4.69) is 17.1 Å². The molecular formula is C17H32N2. The molecule has 0 aromatic carbocycles. The number of rotatable bonds is 6. The number of nitrogens with zero attached hydrogens (tertiary/aromatic N) is 1. The van der Waals surface area contributed by atoms with E-state index in [9.17, 15) is 0 Å². The zero-order chi connectivity index (χ0) is 13.1. The summed E-state index contributed by atoms with van der Waals surface area (Å²) in [5, 5.41) is 3.69. The molecule has 2 nitrogen and oxygen atoms in total. The molecule has 0 spiro atoms. The summed E-state index contributed by atoms with van der Waals surface area (Å²) < 4.78 is 0. The third kappa shape index (κ3) is 4.46. The highest BCUT2D eigenvalue weighted by molar-refractivity contribution is 4.84. The fourth-order valence-corrected chi connectivity index (χ4v) is 4.20. The highest BCUT2D eigenvalue weighted by Crippen LogP contribution is 2.33. The van der Waals surface area contributed by atoms with Crippen molar-refractivity contribution in [3.63, 3.8) is 0 Å². The van der Waals surface area contributed by atoms with Gasteiger partial charge in [-0.2, -0.15) is 0 Å². The van der Waals surface area contributed by atoms with Crippen molar-refractivity contribution in [2.45, 2.75) is 64.3 Å². The normalized spacial score (nSPS) is 36.0. The smallest absolute Gasteiger partial charge is 0.0195 e. The van der Waals surface area contributed by atoms with Crippen LogP contribution >= 0.6 is 0 Å². The van der Waals surface area contributed by atoms with E-state index in [1.54, 1.807) is 0 Å². The maximum atomic E-state index is 3.69. The highest BCUT2D eigenvalue weighted by Gasteiger charge is 2.29. The van der Waals surface area contributed by atoms with E-state index in [4.69, 9.17) is 0 Å². The van der Waals surface area contributed by atoms with Crippen molar-refractivity contribution in [2.75, 3.05) is 26.2 Å². The molecule has 0 radical (unpaired) electrons. The molecule has 2 heteroatoms. The first-order valence-corrected chi connectivity index (χ1v) is 8.75. The van der Waals surface area contributed by atoms with Gasteiger partial charge in [-0.1, -0.05) is 19.8 Å². The van der Waals surface area contributed by atoms with E-state index < -0.39 is 0 Å². The molecule has 0 bridgehead atoms. The van der Waals surface area contributed by atoms with Crippen LogP contribution in [0.3, 0.4) is 0 Å². The standard InChI is InChI=1S/C17H32N2/c1-14-4-2-5-16(10-14)12-19(11-15-7-8-15)13-17-6-3-9-18-17/h14-18H,2-13H2,1H3. The summed E-state index contributed by atoms with van der Waals surface area (Å²) in [5.74, 6) is 3.01. The zero-order valence-electron chi connectivity index (χ0n) is 12.7. The maximum Gasteiger partial charge on any atom is 0.0195 e. The molecule has 110 valence electrons. The van der Waals surface area contributed by atoms with Gasteiger partial charge in [-0.25, -0.2) is 0 Å². The van der Waals surface area contributed by atoms with E-state index in [1.165, 1.54) is 77.5 Å². The number of nitrogens with one attached hydrogen (secondary N) is 1. The lowest BCUT2D eigenvalue weighted by molar-refractivity contribution is 0.164. The second kappa shape index (κ2) is 6.58. The fraction of sp³-hybridized carbons (Fsp3) is 1.00. The predicted octanol–water partition coefficient (Wildman–Crippen LogP) is 3.28. The van der Waals surface area contributed by atoms with Crippen molar-refractivity contribution >= 4 is 0 Å². The lowest BCUT2D eigenvalue weighted by Gasteiger charge is -2.33. The quantitative estimate of drug-likeness (QED) is 0.792. The fourth-order valence-electron chi connectivity index (χ4n) is 4.20. The SMILES string of the molecule is CC1CCCC(CN(CC2CC2)CC2CCCN2)C1. The van der Waals surface area contributed by atoms with Gasteiger partial charge in [0.25, 0.3) is 0 Å². The van der Waals surface area contributed by atoms with E-state index in [0.717, 1.165) is 23.8 Å². The first-order chi connectivity index (χ1) is 9.29. The van der Waals surface area contributed by atoms with Crippen LogP contribution in [0.4, 0.5) is 0 Å². The minimum absolute atomic E-state index is 0.791. The molecule has 1 aliphatic heterocycles. The summed E-state index contributed by atoms with van der Waals surface area (Å²) in [6.45, 7) is 7.81. The molecule has 1 saturated heterocycles. The average molecular weight is 264 g/mol. The summed E-state index contributed by atoms with van der Waals surface area (Å²) in [6.07, 6.45) is 11.7. The third-order valence-corrected chi connectivity index (χ3v) is 5.42. The first-order valence-electron chi connectivity index (χ1n) is 8.75. The van der Waals surface area contributed by atoms with Gasteiger partial charge in [0.15, 0.2) is 0 Å². The van der Waals surface area contributed by atoms with Gasteiger partial charge in [-0.05, 0) is 62.8 Å². The Morgan fingerprint density at radius 1 is 0.895 bits per heavy atom. The molecular weight excluding hydrogens is 232 g/mol. The van der Waals surface area contributed by atoms with Crippen molar-refractivity contribution in [2.24, 2.45) is 17.8 Å². The largest absolute Gasteiger partial charge is 0.313 e. The van der Waals surface area contributed by atoms with Gasteiger partial charge in [0.2, 0.25) is 0 Å². The first kappa shape index (κ1) is 13.9. The van der Waals surface area contributed by atoms with Gasteiger partial charge in [0, 0.05) is 25.7 Å². The molecule has 3 fully saturated rings. The van der Waals surface area contributed by atoms with Crippen LogP contribution in [0.5, 0.6) is 0 Å². The summed E-state index contributed by atoms with van der Waals surface area (Å²) in [7, 11) is 0. The molecule has 0 aromatic heterocycles. The maximum absolute atomic E-state index is 3.69. The number of hydrogen-bond acceptors (Lipinski definition) is 2. The Morgan fingerprint density at radius 2 is 1.74 bits per heavy atom. The van der Waals surface area contributed by atoms with Crippen LogP contribution in [0.25, 0.3) is 0 Å². The average Bonchev–Trinajstić information content (AvgIpc) is 3.03. The van der Waals surface area contributed by atoms with Gasteiger partial charge < -0.3 is 10.2 Å². The molecule has 19 heavy (non-hydrogen) atoms. The Labute approximate surface area is 119 Å². The summed E-state index contributed by atoms with van der Waals surface area (Å²) >= 11 is 0. The van der Waals surface area contributed by atoms with Gasteiger partial charge in [0.05, 0.1) is 0 Å². The van der Waals surface area contributed by atoms with Crippen molar-refractivity contribution in [1.29, 1.82) is 0 Å². The topological polar surface area (TPSA) is 15.3 Å². The second-order valence-corrected chi connectivity index (χ2v) is 7.59. The lowest BCUT2D eigenvalue weighted by Crippen LogP contribution is -2.41. The van der Waals surface area contributed by atoms with Crippen LogP contribution in [-0.2, 0) is 0 Å². The summed E-state index contributed by atoms with van der Waals surface area (Å²) in [5.41, 5.74) is 0. The molecule has 3 aliphatic rings. The van der Waals surface area contributed by atoms with Crippen LogP contribution in [0.1, 0.15) is 58.3 Å². The Hall–Kier alpha value is -0.0800. The Kier molecular flexibility index (Phi) is 4.81. The molecule has 2 saturated carbocycles. The zero-order valence-corrected chi connectivity index (χ0v) is 12.7. The highest BCUT2D eigenvalue weighted by atomic mass is 15.2. The molecule has 3 atom stereocenters. The molecule has 2 aliphatic carbocycles. The van der Waals surface area contributed by atoms with Crippen molar-refractivity contribution < 1.29 is 0 Å². The molecule has 0 amide bonds. The second-order valence-electron chi connectivity index (χ2n) is 7.59. The molecule has 1 N–H and O–H groups in total. The van der Waals surface area contributed by atoms with E-state index in [0.29, 0.717) is 0 Å². The van der Waals surface area contributed by atoms with Crippen molar-refractivity contribution in [3.05, 3.63) is 0 Å². The van der Waals surface area contributed by atoms with Gasteiger partial charge in [0.1, 0.15) is 0 Å². The minimum Gasteiger partial charge on any atom is -0.313 e. The Bertz CT molecular complexity index is 268. The number of hydrogen-bond donors (Lipinski definition) is 1. The van der Waals surface area contributed by atoms with E-state index >= 15 is 0 Å². The Morgan fingerprint density at radius 3 is 2.42 bits per heavy atom. The van der Waals surface area contributed by atoms with E-state index in [-0.39, 0.29) is 0 Å². The molecule has 3 rings (SSSR count). The van der Waals surface area contributed by atoms with Crippen molar-refractivity contribution in [3.8, 4) is 0 Å². The van der Waals surface area contributed by atoms with E-state index in [1.807, 2.05) is 0 Å². The van der Waals surface area contributed by atoms with Crippen LogP contribution in [-0.4, -0.2) is 37.1 Å². The van der Waals surface area contributed by atoms with Gasteiger partial charge >= 0.3 is 0 Å². The van der Waals surface area contributed by atoms with Gasteiger partial charge in [-0.15, -0.1) is 0 Å². The van der Waals surface area contributed by atoms with Crippen LogP contribution in [0.15, 0.2) is 0 Å². The molecule has 0 aromatic rings. The van der Waals surface area contributed by atoms with Crippen LogP contribution in [0.2, 0.25) is 0 Å². The predicted molar refractivity (Wildman–Crippen MR) is 81.3 cm³/mol. The molecule has 1 heterocycles. The van der Waals surface area contributed by atoms with Crippen LogP contribution in [0, 0.1) is 17.8 Å². The third-order valence-electron chi connectivity index (χ3n) is 5.42. The summed E-state index contributed by atoms with van der Waals surface area (Å²) in [4.78, 5) is 2.82.